The van der Waals surface area contributed by atoms with Crippen molar-refractivity contribution in [2.75, 3.05) is 17.6 Å². The highest BCUT2D eigenvalue weighted by Crippen LogP contribution is 2.29. The second-order valence-electron chi connectivity index (χ2n) is 6.54. The van der Waals surface area contributed by atoms with E-state index in [1.165, 1.54) is 0 Å². The van der Waals surface area contributed by atoms with Crippen molar-refractivity contribution in [2.24, 2.45) is 0 Å². The van der Waals surface area contributed by atoms with Crippen molar-refractivity contribution in [3.8, 4) is 0 Å². The van der Waals surface area contributed by atoms with E-state index in [0.717, 1.165) is 25.7 Å². The van der Waals surface area contributed by atoms with Gasteiger partial charge in [0.05, 0.1) is 5.60 Å². The lowest BCUT2D eigenvalue weighted by Crippen LogP contribution is -2.34. The molecule has 1 heterocycles. The summed E-state index contributed by atoms with van der Waals surface area (Å²) < 4.78 is 0. The van der Waals surface area contributed by atoms with Crippen molar-refractivity contribution in [1.29, 1.82) is 0 Å². The Balaban J connectivity index is 2.10. The molecule has 19 heavy (non-hydrogen) atoms. The first-order valence-electron chi connectivity index (χ1n) is 6.90. The standard InChI is InChI=1S/C14H24N4O/c1-13(2,3)12-17-10(15)8-11(18-12)16-9-14(19)6-4-5-7-14/h8,19H,4-7,9H2,1-3H3,(H3,15,16,17,18). The molecule has 0 atom stereocenters. The second-order valence-corrected chi connectivity index (χ2v) is 6.54. The van der Waals surface area contributed by atoms with E-state index < -0.39 is 5.60 Å². The summed E-state index contributed by atoms with van der Waals surface area (Å²) in [7, 11) is 0. The molecule has 1 aromatic rings. The monoisotopic (exact) mass is 264 g/mol. The van der Waals surface area contributed by atoms with Crippen LogP contribution in [0.25, 0.3) is 0 Å². The van der Waals surface area contributed by atoms with E-state index in [2.05, 4.69) is 36.1 Å². The van der Waals surface area contributed by atoms with Crippen LogP contribution in [0.15, 0.2) is 6.07 Å². The van der Waals surface area contributed by atoms with E-state index in [0.29, 0.717) is 24.0 Å². The highest BCUT2D eigenvalue weighted by molar-refractivity contribution is 5.45. The van der Waals surface area contributed by atoms with Crippen LogP contribution in [0.4, 0.5) is 11.6 Å². The molecule has 5 heteroatoms. The van der Waals surface area contributed by atoms with Gasteiger partial charge in [0.15, 0.2) is 0 Å². The zero-order chi connectivity index (χ0) is 14.1. The molecule has 0 aromatic carbocycles. The van der Waals surface area contributed by atoms with E-state index in [1.807, 2.05) is 0 Å². The van der Waals surface area contributed by atoms with E-state index >= 15 is 0 Å². The molecule has 0 unspecified atom stereocenters. The van der Waals surface area contributed by atoms with Gasteiger partial charge in [0.1, 0.15) is 17.5 Å². The number of hydrogen-bond acceptors (Lipinski definition) is 5. The van der Waals surface area contributed by atoms with Crippen LogP contribution in [0.2, 0.25) is 0 Å². The number of nitrogens with zero attached hydrogens (tertiary/aromatic N) is 2. The maximum atomic E-state index is 10.3. The number of hydrogen-bond donors (Lipinski definition) is 3. The Hall–Kier alpha value is -1.36. The molecule has 2 rings (SSSR count). The molecule has 0 spiro atoms. The Bertz CT molecular complexity index is 447. The average Bonchev–Trinajstić information content (AvgIpc) is 2.72. The molecule has 1 aliphatic rings. The molecule has 0 amide bonds. The van der Waals surface area contributed by atoms with E-state index in [9.17, 15) is 5.11 Å². The molecule has 0 bridgehead atoms. The summed E-state index contributed by atoms with van der Waals surface area (Å²) in [5.74, 6) is 1.87. The largest absolute Gasteiger partial charge is 0.388 e. The van der Waals surface area contributed by atoms with Crippen molar-refractivity contribution < 1.29 is 5.11 Å². The molecule has 1 aromatic heterocycles. The number of aromatic nitrogens is 2. The fraction of sp³-hybridized carbons (Fsp3) is 0.714. The van der Waals surface area contributed by atoms with Gasteiger partial charge in [0.2, 0.25) is 0 Å². The summed E-state index contributed by atoms with van der Waals surface area (Å²) >= 11 is 0. The summed E-state index contributed by atoms with van der Waals surface area (Å²) in [5, 5.41) is 13.5. The maximum absolute atomic E-state index is 10.3. The van der Waals surface area contributed by atoms with Crippen LogP contribution in [0.1, 0.15) is 52.3 Å². The highest BCUT2D eigenvalue weighted by Gasteiger charge is 2.31. The third-order valence-corrected chi connectivity index (χ3v) is 3.55. The predicted molar refractivity (Wildman–Crippen MR) is 77.1 cm³/mol. The summed E-state index contributed by atoms with van der Waals surface area (Å²) in [5.41, 5.74) is 5.08. The fourth-order valence-corrected chi connectivity index (χ4v) is 2.36. The molecular weight excluding hydrogens is 240 g/mol. The minimum atomic E-state index is -0.596. The van der Waals surface area contributed by atoms with Gasteiger partial charge in [-0.05, 0) is 12.8 Å². The smallest absolute Gasteiger partial charge is 0.138 e. The number of nitrogens with two attached hydrogens (primary N) is 1. The molecule has 4 N–H and O–H groups in total. The predicted octanol–water partition coefficient (Wildman–Crippen LogP) is 2.07. The van der Waals surface area contributed by atoms with Gasteiger partial charge in [-0.3, -0.25) is 0 Å². The zero-order valence-electron chi connectivity index (χ0n) is 12.0. The Kier molecular flexibility index (Phi) is 3.67. The van der Waals surface area contributed by atoms with Crippen molar-refractivity contribution in [3.05, 3.63) is 11.9 Å². The van der Waals surface area contributed by atoms with E-state index in [-0.39, 0.29) is 5.41 Å². The first kappa shape index (κ1) is 14.1. The molecule has 1 fully saturated rings. The number of nitrogen functional groups attached to an aromatic ring is 1. The van der Waals surface area contributed by atoms with Crippen molar-refractivity contribution in [3.63, 3.8) is 0 Å². The molecule has 1 aliphatic carbocycles. The summed E-state index contributed by atoms with van der Waals surface area (Å²) in [6, 6.07) is 1.72. The SMILES string of the molecule is CC(C)(C)c1nc(N)cc(NCC2(O)CCCC2)n1. The van der Waals surface area contributed by atoms with Crippen LogP contribution >= 0.6 is 0 Å². The van der Waals surface area contributed by atoms with E-state index in [1.54, 1.807) is 6.07 Å². The summed E-state index contributed by atoms with van der Waals surface area (Å²) in [6.07, 6.45) is 3.90. The van der Waals surface area contributed by atoms with Crippen LogP contribution in [0.3, 0.4) is 0 Å². The van der Waals surface area contributed by atoms with Gasteiger partial charge >= 0.3 is 0 Å². The van der Waals surface area contributed by atoms with Gasteiger partial charge in [0.25, 0.3) is 0 Å². The fourth-order valence-electron chi connectivity index (χ4n) is 2.36. The first-order chi connectivity index (χ1) is 8.78. The molecule has 0 saturated heterocycles. The zero-order valence-corrected chi connectivity index (χ0v) is 12.0. The Labute approximate surface area is 114 Å². The molecular formula is C14H24N4O. The lowest BCUT2D eigenvalue weighted by Gasteiger charge is -2.23. The number of anilines is 2. The van der Waals surface area contributed by atoms with Crippen LogP contribution < -0.4 is 11.1 Å². The van der Waals surface area contributed by atoms with Gasteiger partial charge in [0, 0.05) is 18.0 Å². The molecule has 5 nitrogen and oxygen atoms in total. The minimum Gasteiger partial charge on any atom is -0.388 e. The lowest BCUT2D eigenvalue weighted by atomic mass is 9.96. The topological polar surface area (TPSA) is 84.1 Å². The van der Waals surface area contributed by atoms with Gasteiger partial charge < -0.3 is 16.2 Å². The number of rotatable bonds is 3. The second kappa shape index (κ2) is 4.96. The first-order valence-corrected chi connectivity index (χ1v) is 6.90. The van der Waals surface area contributed by atoms with Crippen LogP contribution in [-0.4, -0.2) is 27.2 Å². The summed E-state index contributed by atoms with van der Waals surface area (Å²) in [4.78, 5) is 8.75. The van der Waals surface area contributed by atoms with Gasteiger partial charge in [-0.25, -0.2) is 9.97 Å². The number of aliphatic hydroxyl groups is 1. The molecule has 0 radical (unpaired) electrons. The normalized spacial score (nSPS) is 18.5. The minimum absolute atomic E-state index is 0.143. The average molecular weight is 264 g/mol. The maximum Gasteiger partial charge on any atom is 0.138 e. The van der Waals surface area contributed by atoms with Gasteiger partial charge in [-0.1, -0.05) is 33.6 Å². The number of nitrogens with one attached hydrogen (secondary N) is 1. The van der Waals surface area contributed by atoms with E-state index in [4.69, 9.17) is 5.73 Å². The summed E-state index contributed by atoms with van der Waals surface area (Å²) in [6.45, 7) is 6.68. The lowest BCUT2D eigenvalue weighted by molar-refractivity contribution is 0.0614. The highest BCUT2D eigenvalue weighted by atomic mass is 16.3. The molecule has 106 valence electrons. The quantitative estimate of drug-likeness (QED) is 0.778. The Morgan fingerprint density at radius 3 is 2.53 bits per heavy atom. The van der Waals surface area contributed by atoms with Crippen molar-refractivity contribution in [2.45, 2.75) is 57.5 Å². The third kappa shape index (κ3) is 3.56. The molecule has 1 saturated carbocycles. The van der Waals surface area contributed by atoms with Gasteiger partial charge in [-0.2, -0.15) is 0 Å². The van der Waals surface area contributed by atoms with Gasteiger partial charge in [-0.15, -0.1) is 0 Å². The van der Waals surface area contributed by atoms with Crippen molar-refractivity contribution in [1.82, 2.24) is 9.97 Å². The van der Waals surface area contributed by atoms with Crippen LogP contribution in [0.5, 0.6) is 0 Å². The Morgan fingerprint density at radius 1 is 1.32 bits per heavy atom. The van der Waals surface area contributed by atoms with Crippen LogP contribution in [0, 0.1) is 0 Å². The molecule has 0 aliphatic heterocycles. The Morgan fingerprint density at radius 2 is 1.95 bits per heavy atom. The third-order valence-electron chi connectivity index (χ3n) is 3.55. The van der Waals surface area contributed by atoms with Crippen LogP contribution in [-0.2, 0) is 5.41 Å². The van der Waals surface area contributed by atoms with Crippen molar-refractivity contribution >= 4 is 11.6 Å².